The SMILES string of the molecule is N#Cc1nc(-c2ccco2)oc1N1CCC(C(=O)NCC(O)c2ccccc2C(F)(F)F)CC1. The molecule has 0 aliphatic carbocycles. The molecule has 1 aromatic carbocycles. The van der Waals surface area contributed by atoms with E-state index in [1.54, 1.807) is 12.1 Å². The maximum atomic E-state index is 13.2. The molecule has 1 aliphatic heterocycles. The fourth-order valence-corrected chi connectivity index (χ4v) is 3.95. The lowest BCUT2D eigenvalue weighted by Gasteiger charge is -2.31. The Morgan fingerprint density at radius 3 is 2.65 bits per heavy atom. The largest absolute Gasteiger partial charge is 0.459 e. The molecule has 2 aromatic heterocycles. The number of aliphatic hydroxyl groups excluding tert-OH is 1. The highest BCUT2D eigenvalue weighted by Crippen LogP contribution is 2.35. The number of nitrogens with zero attached hydrogens (tertiary/aromatic N) is 3. The third kappa shape index (κ3) is 4.92. The van der Waals surface area contributed by atoms with Gasteiger partial charge < -0.3 is 24.2 Å². The monoisotopic (exact) mass is 474 g/mol. The van der Waals surface area contributed by atoms with Gasteiger partial charge in [0.15, 0.2) is 5.76 Å². The maximum Gasteiger partial charge on any atom is 0.416 e. The zero-order valence-corrected chi connectivity index (χ0v) is 17.9. The van der Waals surface area contributed by atoms with Crippen LogP contribution in [0.25, 0.3) is 11.7 Å². The molecular weight excluding hydrogens is 453 g/mol. The van der Waals surface area contributed by atoms with E-state index in [2.05, 4.69) is 10.3 Å². The highest BCUT2D eigenvalue weighted by molar-refractivity contribution is 5.79. The molecule has 1 atom stereocenters. The molecule has 1 saturated heterocycles. The lowest BCUT2D eigenvalue weighted by molar-refractivity contribution is -0.139. The number of hydrogen-bond donors (Lipinski definition) is 2. The number of aromatic nitrogens is 1. The molecule has 1 amide bonds. The summed E-state index contributed by atoms with van der Waals surface area (Å²) in [5.74, 6) is 0.135. The Bertz CT molecular complexity index is 1180. The highest BCUT2D eigenvalue weighted by atomic mass is 19.4. The van der Waals surface area contributed by atoms with Gasteiger partial charge in [0.05, 0.1) is 17.9 Å². The van der Waals surface area contributed by atoms with Gasteiger partial charge in [0.2, 0.25) is 17.5 Å². The Labute approximate surface area is 192 Å². The van der Waals surface area contributed by atoms with E-state index in [9.17, 15) is 28.3 Å². The molecule has 1 aliphatic rings. The van der Waals surface area contributed by atoms with Crippen molar-refractivity contribution in [1.29, 1.82) is 5.26 Å². The highest BCUT2D eigenvalue weighted by Gasteiger charge is 2.35. The number of nitrogens with one attached hydrogen (secondary N) is 1. The Morgan fingerprint density at radius 2 is 2.00 bits per heavy atom. The van der Waals surface area contributed by atoms with Crippen molar-refractivity contribution in [2.24, 2.45) is 5.92 Å². The first kappa shape index (κ1) is 23.4. The number of nitriles is 1. The minimum atomic E-state index is -4.60. The number of benzene rings is 1. The molecule has 0 spiro atoms. The van der Waals surface area contributed by atoms with Crippen LogP contribution in [-0.4, -0.2) is 35.6 Å². The van der Waals surface area contributed by atoms with E-state index >= 15 is 0 Å². The number of furan rings is 1. The van der Waals surface area contributed by atoms with E-state index < -0.39 is 17.8 Å². The van der Waals surface area contributed by atoms with Gasteiger partial charge in [-0.25, -0.2) is 0 Å². The predicted octanol–water partition coefficient (Wildman–Crippen LogP) is 3.89. The number of carbonyl (C=O) groups is 1. The second-order valence-corrected chi connectivity index (χ2v) is 7.87. The van der Waals surface area contributed by atoms with Gasteiger partial charge in [0.25, 0.3) is 5.89 Å². The van der Waals surface area contributed by atoms with E-state index in [1.807, 2.05) is 11.0 Å². The smallest absolute Gasteiger partial charge is 0.416 e. The minimum Gasteiger partial charge on any atom is -0.459 e. The second kappa shape index (κ2) is 9.61. The number of aliphatic hydroxyl groups is 1. The number of amides is 1. The van der Waals surface area contributed by atoms with E-state index in [-0.39, 0.29) is 35.5 Å². The quantitative estimate of drug-likeness (QED) is 0.557. The maximum absolute atomic E-state index is 13.2. The Balaban J connectivity index is 1.34. The van der Waals surface area contributed by atoms with E-state index in [0.29, 0.717) is 37.6 Å². The molecule has 34 heavy (non-hydrogen) atoms. The summed E-state index contributed by atoms with van der Waals surface area (Å²) in [5, 5.41) is 22.2. The average molecular weight is 474 g/mol. The molecule has 4 rings (SSSR count). The Hall–Kier alpha value is -3.78. The summed E-state index contributed by atoms with van der Waals surface area (Å²) in [7, 11) is 0. The number of halogens is 3. The first-order valence-electron chi connectivity index (χ1n) is 10.6. The number of hydrogen-bond acceptors (Lipinski definition) is 7. The third-order valence-corrected chi connectivity index (χ3v) is 5.69. The number of rotatable bonds is 6. The topological polar surface area (TPSA) is 116 Å². The van der Waals surface area contributed by atoms with Crippen molar-refractivity contribution in [1.82, 2.24) is 10.3 Å². The van der Waals surface area contributed by atoms with Crippen LogP contribution in [0.2, 0.25) is 0 Å². The van der Waals surface area contributed by atoms with E-state index in [1.165, 1.54) is 24.5 Å². The molecule has 0 saturated carbocycles. The van der Waals surface area contributed by atoms with Crippen LogP contribution in [0, 0.1) is 17.2 Å². The summed E-state index contributed by atoms with van der Waals surface area (Å²) in [6.45, 7) is 0.497. The summed E-state index contributed by atoms with van der Waals surface area (Å²) in [5.41, 5.74) is -1.10. The van der Waals surface area contributed by atoms with Crippen LogP contribution in [0.5, 0.6) is 0 Å². The molecule has 178 valence electrons. The molecule has 0 bridgehead atoms. The van der Waals surface area contributed by atoms with Crippen LogP contribution >= 0.6 is 0 Å². The van der Waals surface area contributed by atoms with Crippen molar-refractivity contribution in [3.05, 3.63) is 59.5 Å². The molecule has 2 N–H and O–H groups in total. The Kier molecular flexibility index (Phi) is 6.61. The van der Waals surface area contributed by atoms with Gasteiger partial charge in [0.1, 0.15) is 6.07 Å². The molecule has 11 heteroatoms. The number of alkyl halides is 3. The molecule has 1 fully saturated rings. The van der Waals surface area contributed by atoms with Gasteiger partial charge in [-0.3, -0.25) is 4.79 Å². The number of anilines is 1. The zero-order chi connectivity index (χ0) is 24.3. The number of oxazole rings is 1. The van der Waals surface area contributed by atoms with E-state index in [0.717, 1.165) is 6.07 Å². The zero-order valence-electron chi connectivity index (χ0n) is 17.9. The van der Waals surface area contributed by atoms with Crippen LogP contribution in [0.15, 0.2) is 51.5 Å². The summed E-state index contributed by atoms with van der Waals surface area (Å²) in [4.78, 5) is 18.5. The molecule has 8 nitrogen and oxygen atoms in total. The third-order valence-electron chi connectivity index (χ3n) is 5.69. The van der Waals surface area contributed by atoms with Crippen LogP contribution in [0.1, 0.15) is 35.8 Å². The molecule has 0 radical (unpaired) electrons. The average Bonchev–Trinajstić information content (AvgIpc) is 3.52. The first-order chi connectivity index (χ1) is 16.3. The summed E-state index contributed by atoms with van der Waals surface area (Å²) >= 11 is 0. The van der Waals surface area contributed by atoms with Crippen molar-refractivity contribution in [3.8, 4) is 17.7 Å². The van der Waals surface area contributed by atoms with Crippen molar-refractivity contribution >= 4 is 11.8 Å². The molecule has 3 aromatic rings. The van der Waals surface area contributed by atoms with Crippen molar-refractivity contribution in [2.75, 3.05) is 24.5 Å². The summed E-state index contributed by atoms with van der Waals surface area (Å²) in [6, 6.07) is 10.1. The molecule has 3 heterocycles. The van der Waals surface area contributed by atoms with Gasteiger partial charge in [-0.1, -0.05) is 18.2 Å². The first-order valence-corrected chi connectivity index (χ1v) is 10.6. The Morgan fingerprint density at radius 1 is 1.26 bits per heavy atom. The van der Waals surface area contributed by atoms with Gasteiger partial charge >= 0.3 is 6.18 Å². The van der Waals surface area contributed by atoms with Crippen LogP contribution in [-0.2, 0) is 11.0 Å². The number of piperidine rings is 1. The van der Waals surface area contributed by atoms with Gasteiger partial charge in [0, 0.05) is 25.6 Å². The minimum absolute atomic E-state index is 0.112. The number of carbonyl (C=O) groups excluding carboxylic acids is 1. The van der Waals surface area contributed by atoms with Gasteiger partial charge in [-0.15, -0.1) is 0 Å². The normalized spacial score (nSPS) is 15.7. The molecular formula is C23H21F3N4O4. The van der Waals surface area contributed by atoms with Crippen LogP contribution in [0.3, 0.4) is 0 Å². The standard InChI is InChI=1S/C23H21F3N4O4/c24-23(25,26)16-5-2-1-4-15(16)18(31)13-28-20(32)14-7-9-30(10-8-14)22-17(12-27)29-21(34-22)19-6-3-11-33-19/h1-6,11,14,18,31H,7-10,13H2,(H,28,32). The van der Waals surface area contributed by atoms with Crippen molar-refractivity contribution < 1.29 is 31.9 Å². The van der Waals surface area contributed by atoms with Crippen molar-refractivity contribution in [2.45, 2.75) is 25.1 Å². The fraction of sp³-hybridized carbons (Fsp3) is 0.348. The summed E-state index contributed by atoms with van der Waals surface area (Å²) in [6.07, 6.45) is -3.76. The predicted molar refractivity (Wildman–Crippen MR) is 113 cm³/mol. The van der Waals surface area contributed by atoms with Crippen LogP contribution < -0.4 is 10.2 Å². The summed E-state index contributed by atoms with van der Waals surface area (Å²) < 4.78 is 50.5. The lowest BCUT2D eigenvalue weighted by Crippen LogP contribution is -2.41. The van der Waals surface area contributed by atoms with E-state index in [4.69, 9.17) is 8.83 Å². The fourth-order valence-electron chi connectivity index (χ4n) is 3.95. The van der Waals surface area contributed by atoms with Gasteiger partial charge in [-0.2, -0.15) is 23.4 Å². The lowest BCUT2D eigenvalue weighted by atomic mass is 9.95. The second-order valence-electron chi connectivity index (χ2n) is 7.87. The van der Waals surface area contributed by atoms with Crippen LogP contribution in [0.4, 0.5) is 19.1 Å². The molecule has 1 unspecified atom stereocenters. The van der Waals surface area contributed by atoms with Gasteiger partial charge in [-0.05, 0) is 36.6 Å². The van der Waals surface area contributed by atoms with Crippen molar-refractivity contribution in [3.63, 3.8) is 0 Å².